The van der Waals surface area contributed by atoms with Crippen LogP contribution in [0.25, 0.3) is 38.5 Å². The summed E-state index contributed by atoms with van der Waals surface area (Å²) < 4.78 is 2.29. The van der Waals surface area contributed by atoms with Crippen LogP contribution in [0.2, 0.25) is 0 Å². The number of nitrogens with zero attached hydrogens (tertiary/aromatic N) is 1. The summed E-state index contributed by atoms with van der Waals surface area (Å²) in [6, 6.07) is 30.8. The van der Waals surface area contributed by atoms with Crippen LogP contribution in [0, 0.1) is 0 Å². The second kappa shape index (κ2) is 5.09. The zero-order valence-electron chi connectivity index (χ0n) is 14.3. The molecule has 0 unspecified atom stereocenters. The molecule has 0 radical (unpaired) electrons. The lowest BCUT2D eigenvalue weighted by Crippen LogP contribution is -1.92. The minimum absolute atomic E-state index is 1.02. The van der Waals surface area contributed by atoms with E-state index in [9.17, 15) is 0 Å². The minimum Gasteiger partial charge on any atom is -0.317 e. The topological polar surface area (TPSA) is 4.93 Å². The van der Waals surface area contributed by atoms with E-state index in [4.69, 9.17) is 0 Å². The van der Waals surface area contributed by atoms with Crippen LogP contribution in [0.1, 0.15) is 11.1 Å². The monoisotopic (exact) mass is 331 g/mol. The fourth-order valence-corrected chi connectivity index (χ4v) is 4.41. The predicted octanol–water partition coefficient (Wildman–Crippen LogP) is 6.35. The second-order valence-electron chi connectivity index (χ2n) is 7.09. The molecule has 1 nitrogen and oxygen atoms in total. The highest BCUT2D eigenvalue weighted by atomic mass is 15.0. The second-order valence-corrected chi connectivity index (χ2v) is 7.09. The Balaban J connectivity index is 1.63. The lowest BCUT2D eigenvalue weighted by Gasteiger charge is -2.08. The molecule has 0 spiro atoms. The molecule has 0 aliphatic heterocycles. The van der Waals surface area contributed by atoms with Crippen LogP contribution in [-0.4, -0.2) is 4.57 Å². The van der Waals surface area contributed by atoms with Crippen molar-refractivity contribution < 1.29 is 0 Å². The highest BCUT2D eigenvalue weighted by Gasteiger charge is 2.22. The molecule has 0 amide bonds. The van der Waals surface area contributed by atoms with Crippen LogP contribution in [-0.2, 0) is 6.42 Å². The van der Waals surface area contributed by atoms with Crippen molar-refractivity contribution in [2.75, 3.05) is 0 Å². The highest BCUT2D eigenvalue weighted by molar-refractivity contribution is 6.03. The number of benzene rings is 4. The van der Waals surface area contributed by atoms with Crippen LogP contribution >= 0.6 is 0 Å². The van der Waals surface area contributed by atoms with Crippen LogP contribution in [0.4, 0.5) is 0 Å². The fraction of sp³-hybridized carbons (Fsp3) is 0.0400. The van der Waals surface area contributed by atoms with E-state index in [-0.39, 0.29) is 0 Å². The van der Waals surface area contributed by atoms with Gasteiger partial charge in [-0.25, -0.2) is 0 Å². The molecule has 0 saturated heterocycles. The van der Waals surface area contributed by atoms with E-state index in [2.05, 4.69) is 95.7 Å². The van der Waals surface area contributed by atoms with Gasteiger partial charge in [0.05, 0.1) is 5.52 Å². The number of fused-ring (bicyclic) bond motifs is 6. The first-order chi connectivity index (χ1) is 12.9. The standard InChI is InChI=1S/C25H17N/c1-2-7-21(8-3-1)26-13-12-18-15-23-20(16-24(18)26)14-19-11-10-17-6-4-5-9-22(17)25(19)23/h1-13,15-16H,14H2. The maximum atomic E-state index is 2.38. The molecule has 1 aliphatic rings. The maximum absolute atomic E-state index is 2.38. The van der Waals surface area contributed by atoms with Gasteiger partial charge in [0.2, 0.25) is 0 Å². The molecule has 0 saturated carbocycles. The van der Waals surface area contributed by atoms with Crippen molar-refractivity contribution in [3.63, 3.8) is 0 Å². The molecule has 122 valence electrons. The summed E-state index contributed by atoms with van der Waals surface area (Å²) >= 11 is 0. The SMILES string of the molecule is c1ccc(-n2ccc3cc4c(cc32)Cc2ccc3ccccc3c2-4)cc1. The molecule has 0 fully saturated rings. The van der Waals surface area contributed by atoms with Gasteiger partial charge in [-0.3, -0.25) is 0 Å². The van der Waals surface area contributed by atoms with Crippen LogP contribution in [0.3, 0.4) is 0 Å². The lowest BCUT2D eigenvalue weighted by atomic mass is 9.97. The van der Waals surface area contributed by atoms with E-state index in [0.717, 1.165) is 6.42 Å². The quantitative estimate of drug-likeness (QED) is 0.330. The maximum Gasteiger partial charge on any atom is 0.0531 e. The minimum atomic E-state index is 1.02. The van der Waals surface area contributed by atoms with Crippen molar-refractivity contribution in [3.05, 3.63) is 102 Å². The smallest absolute Gasteiger partial charge is 0.0531 e. The van der Waals surface area contributed by atoms with Gasteiger partial charge in [-0.2, -0.15) is 0 Å². The highest BCUT2D eigenvalue weighted by Crippen LogP contribution is 2.43. The van der Waals surface area contributed by atoms with Gasteiger partial charge in [0.15, 0.2) is 0 Å². The van der Waals surface area contributed by atoms with E-state index in [1.165, 1.54) is 49.6 Å². The van der Waals surface area contributed by atoms with Gasteiger partial charge in [0, 0.05) is 17.3 Å². The fourth-order valence-electron chi connectivity index (χ4n) is 4.41. The molecular weight excluding hydrogens is 314 g/mol. The number of rotatable bonds is 1. The molecule has 1 aliphatic carbocycles. The Hall–Kier alpha value is -3.32. The van der Waals surface area contributed by atoms with Gasteiger partial charge < -0.3 is 4.57 Å². The first kappa shape index (κ1) is 13.9. The number of para-hydroxylation sites is 1. The molecule has 0 N–H and O–H groups in total. The van der Waals surface area contributed by atoms with Gasteiger partial charge in [-0.05, 0) is 69.8 Å². The summed E-state index contributed by atoms with van der Waals surface area (Å²) in [6.07, 6.45) is 3.20. The van der Waals surface area contributed by atoms with Crippen molar-refractivity contribution in [2.45, 2.75) is 6.42 Å². The third kappa shape index (κ3) is 1.86. The van der Waals surface area contributed by atoms with Crippen molar-refractivity contribution in [2.24, 2.45) is 0 Å². The Kier molecular flexibility index (Phi) is 2.72. The van der Waals surface area contributed by atoms with Crippen molar-refractivity contribution in [1.82, 2.24) is 4.57 Å². The summed E-state index contributed by atoms with van der Waals surface area (Å²) in [7, 11) is 0. The molecule has 1 aromatic heterocycles. The van der Waals surface area contributed by atoms with Crippen LogP contribution in [0.15, 0.2) is 91.1 Å². The zero-order chi connectivity index (χ0) is 17.1. The van der Waals surface area contributed by atoms with Gasteiger partial charge >= 0.3 is 0 Å². The third-order valence-corrected chi connectivity index (χ3v) is 5.62. The van der Waals surface area contributed by atoms with Crippen molar-refractivity contribution in [1.29, 1.82) is 0 Å². The largest absolute Gasteiger partial charge is 0.317 e. The van der Waals surface area contributed by atoms with Crippen molar-refractivity contribution in [3.8, 4) is 16.8 Å². The van der Waals surface area contributed by atoms with Crippen molar-refractivity contribution >= 4 is 21.7 Å². The normalized spacial score (nSPS) is 12.5. The summed E-state index contributed by atoms with van der Waals surface area (Å²) in [5.41, 5.74) is 8.19. The predicted molar refractivity (Wildman–Crippen MR) is 109 cm³/mol. The number of aromatic nitrogens is 1. The Morgan fingerprint density at radius 3 is 2.42 bits per heavy atom. The van der Waals surface area contributed by atoms with E-state index >= 15 is 0 Å². The third-order valence-electron chi connectivity index (χ3n) is 5.62. The molecule has 26 heavy (non-hydrogen) atoms. The number of hydrogen-bond donors (Lipinski definition) is 0. The molecule has 4 aromatic carbocycles. The molecule has 0 atom stereocenters. The van der Waals surface area contributed by atoms with Crippen LogP contribution < -0.4 is 0 Å². The number of hydrogen-bond acceptors (Lipinski definition) is 0. The average molecular weight is 331 g/mol. The van der Waals surface area contributed by atoms with Gasteiger partial charge in [0.1, 0.15) is 0 Å². The van der Waals surface area contributed by atoms with Gasteiger partial charge in [0.25, 0.3) is 0 Å². The van der Waals surface area contributed by atoms with E-state index in [1.54, 1.807) is 0 Å². The summed E-state index contributed by atoms with van der Waals surface area (Å²) in [4.78, 5) is 0. The van der Waals surface area contributed by atoms with E-state index in [1.807, 2.05) is 0 Å². The zero-order valence-corrected chi connectivity index (χ0v) is 14.3. The average Bonchev–Trinajstić information content (AvgIpc) is 3.27. The first-order valence-corrected chi connectivity index (χ1v) is 9.09. The van der Waals surface area contributed by atoms with Gasteiger partial charge in [-0.15, -0.1) is 0 Å². The van der Waals surface area contributed by atoms with E-state index in [0.29, 0.717) is 0 Å². The van der Waals surface area contributed by atoms with Gasteiger partial charge in [-0.1, -0.05) is 54.6 Å². The lowest BCUT2D eigenvalue weighted by molar-refractivity contribution is 1.12. The Morgan fingerprint density at radius 2 is 1.50 bits per heavy atom. The molecule has 1 heterocycles. The Labute approximate surface area is 152 Å². The summed E-state index contributed by atoms with van der Waals surface area (Å²) in [5.74, 6) is 0. The molecule has 5 aromatic rings. The van der Waals surface area contributed by atoms with Crippen LogP contribution in [0.5, 0.6) is 0 Å². The summed E-state index contributed by atoms with van der Waals surface area (Å²) in [5, 5.41) is 3.99. The Bertz CT molecular complexity index is 1290. The molecule has 0 bridgehead atoms. The Morgan fingerprint density at radius 1 is 0.654 bits per heavy atom. The molecule has 6 rings (SSSR count). The first-order valence-electron chi connectivity index (χ1n) is 9.09. The molecule has 1 heteroatoms. The van der Waals surface area contributed by atoms with E-state index < -0.39 is 0 Å². The summed E-state index contributed by atoms with van der Waals surface area (Å²) in [6.45, 7) is 0. The molecular formula is C25H17N.